The van der Waals surface area contributed by atoms with Crippen LogP contribution < -0.4 is 5.32 Å². The van der Waals surface area contributed by atoms with Crippen LogP contribution in [-0.2, 0) is 9.59 Å². The van der Waals surface area contributed by atoms with Crippen LogP contribution in [0.1, 0.15) is 17.9 Å². The number of hydrogen-bond acceptors (Lipinski definition) is 2. The van der Waals surface area contributed by atoms with Crippen LogP contribution in [0.4, 0.5) is 8.78 Å². The molecule has 0 aromatic heterocycles. The normalized spacial score (nSPS) is 21.4. The summed E-state index contributed by atoms with van der Waals surface area (Å²) in [6, 6.07) is 3.24. The molecule has 96 valence electrons. The predicted octanol–water partition coefficient (Wildman–Crippen LogP) is 1.27. The van der Waals surface area contributed by atoms with Gasteiger partial charge in [0.25, 0.3) is 0 Å². The monoisotopic (exact) mass is 255 g/mol. The van der Waals surface area contributed by atoms with Crippen molar-refractivity contribution in [2.45, 2.75) is 12.3 Å². The lowest BCUT2D eigenvalue weighted by Crippen LogP contribution is -2.30. The highest BCUT2D eigenvalue weighted by Crippen LogP contribution is 2.48. The van der Waals surface area contributed by atoms with Gasteiger partial charge in [-0.15, -0.1) is 0 Å². The zero-order valence-electron chi connectivity index (χ0n) is 9.32. The number of benzene rings is 1. The lowest BCUT2D eigenvalue weighted by atomic mass is 10.1. The number of nitrogens with one attached hydrogen (secondary N) is 1. The van der Waals surface area contributed by atoms with Crippen LogP contribution in [0.5, 0.6) is 0 Å². The molecule has 1 aliphatic rings. The van der Waals surface area contributed by atoms with Gasteiger partial charge in [-0.1, -0.05) is 6.07 Å². The Labute approximate surface area is 102 Å². The summed E-state index contributed by atoms with van der Waals surface area (Å²) in [6.45, 7) is -0.450. The number of carbonyl (C=O) groups is 2. The van der Waals surface area contributed by atoms with E-state index in [0.717, 1.165) is 12.1 Å². The molecule has 1 amide bonds. The first-order valence-electron chi connectivity index (χ1n) is 5.43. The summed E-state index contributed by atoms with van der Waals surface area (Å²) in [5.74, 6) is -3.60. The van der Waals surface area contributed by atoms with E-state index in [2.05, 4.69) is 5.32 Å². The zero-order valence-corrected chi connectivity index (χ0v) is 9.32. The fourth-order valence-electron chi connectivity index (χ4n) is 1.92. The fraction of sp³-hybridized carbons (Fsp3) is 0.333. The average molecular weight is 255 g/mol. The fourth-order valence-corrected chi connectivity index (χ4v) is 1.92. The summed E-state index contributed by atoms with van der Waals surface area (Å²) in [6.07, 6.45) is 0.452. The number of rotatable bonds is 4. The Bertz CT molecular complexity index is 504. The molecule has 1 aromatic rings. The molecule has 2 atom stereocenters. The topological polar surface area (TPSA) is 66.4 Å². The van der Waals surface area contributed by atoms with E-state index < -0.39 is 36.0 Å². The van der Waals surface area contributed by atoms with Crippen molar-refractivity contribution in [2.75, 3.05) is 6.54 Å². The second-order valence-corrected chi connectivity index (χ2v) is 4.23. The Hall–Kier alpha value is -1.98. The summed E-state index contributed by atoms with van der Waals surface area (Å²) >= 11 is 0. The van der Waals surface area contributed by atoms with Crippen molar-refractivity contribution in [3.8, 4) is 0 Å². The van der Waals surface area contributed by atoms with Crippen LogP contribution in [0.25, 0.3) is 0 Å². The minimum atomic E-state index is -1.13. The van der Waals surface area contributed by atoms with Gasteiger partial charge in [0.2, 0.25) is 5.91 Å². The molecule has 0 radical (unpaired) electrons. The van der Waals surface area contributed by atoms with Crippen molar-refractivity contribution in [2.24, 2.45) is 5.92 Å². The van der Waals surface area contributed by atoms with Crippen molar-refractivity contribution < 1.29 is 23.5 Å². The Morgan fingerprint density at radius 3 is 2.72 bits per heavy atom. The van der Waals surface area contributed by atoms with Crippen LogP contribution in [-0.4, -0.2) is 23.5 Å². The Balaban J connectivity index is 1.98. The maximum Gasteiger partial charge on any atom is 0.322 e. The smallest absolute Gasteiger partial charge is 0.322 e. The zero-order chi connectivity index (χ0) is 13.3. The molecular weight excluding hydrogens is 244 g/mol. The van der Waals surface area contributed by atoms with E-state index in [1.165, 1.54) is 6.07 Å². The first kappa shape index (κ1) is 12.5. The number of carboxylic acids is 1. The first-order valence-corrected chi connectivity index (χ1v) is 5.43. The molecule has 2 rings (SSSR count). The molecule has 4 nitrogen and oxygen atoms in total. The second kappa shape index (κ2) is 4.72. The van der Waals surface area contributed by atoms with Crippen molar-refractivity contribution in [3.05, 3.63) is 35.4 Å². The van der Waals surface area contributed by atoms with Gasteiger partial charge in [0, 0.05) is 12.0 Å². The van der Waals surface area contributed by atoms with Crippen molar-refractivity contribution in [3.63, 3.8) is 0 Å². The molecule has 6 heteroatoms. The largest absolute Gasteiger partial charge is 0.480 e. The second-order valence-electron chi connectivity index (χ2n) is 4.23. The molecular formula is C12H11F2NO3. The molecule has 1 aliphatic carbocycles. The number of hydrogen-bond donors (Lipinski definition) is 2. The standard InChI is InChI=1S/C12H11F2NO3/c13-6-1-2-7(10(14)3-6)8-4-9(8)12(18)15-5-11(16)17/h1-3,8-9H,4-5H2,(H,15,18)(H,16,17). The van der Waals surface area contributed by atoms with E-state index in [4.69, 9.17) is 5.11 Å². The van der Waals surface area contributed by atoms with Gasteiger partial charge in [-0.25, -0.2) is 8.78 Å². The Kier molecular flexibility index (Phi) is 3.27. The average Bonchev–Trinajstić information content (AvgIpc) is 3.05. The first-order chi connectivity index (χ1) is 8.49. The molecule has 1 fully saturated rings. The quantitative estimate of drug-likeness (QED) is 0.851. The van der Waals surface area contributed by atoms with Gasteiger partial charge in [0.05, 0.1) is 0 Å². The SMILES string of the molecule is O=C(O)CNC(=O)C1CC1c1ccc(F)cc1F. The highest BCUT2D eigenvalue weighted by atomic mass is 19.1. The van der Waals surface area contributed by atoms with Crippen LogP contribution in [0.15, 0.2) is 18.2 Å². The summed E-state index contributed by atoms with van der Waals surface area (Å²) in [5, 5.41) is 10.6. The van der Waals surface area contributed by atoms with Gasteiger partial charge >= 0.3 is 5.97 Å². The number of halogens is 2. The minimum absolute atomic E-state index is 0.292. The highest BCUT2D eigenvalue weighted by Gasteiger charge is 2.45. The van der Waals surface area contributed by atoms with E-state index in [-0.39, 0.29) is 5.92 Å². The Morgan fingerprint density at radius 2 is 2.11 bits per heavy atom. The van der Waals surface area contributed by atoms with Gasteiger partial charge in [-0.3, -0.25) is 9.59 Å². The number of amides is 1. The van der Waals surface area contributed by atoms with E-state index in [1.54, 1.807) is 0 Å². The van der Waals surface area contributed by atoms with E-state index in [0.29, 0.717) is 12.0 Å². The lowest BCUT2D eigenvalue weighted by molar-refractivity contribution is -0.138. The van der Waals surface area contributed by atoms with Gasteiger partial charge in [-0.2, -0.15) is 0 Å². The van der Waals surface area contributed by atoms with E-state index in [9.17, 15) is 18.4 Å². The third kappa shape index (κ3) is 2.64. The van der Waals surface area contributed by atoms with Crippen molar-refractivity contribution in [1.29, 1.82) is 0 Å². The number of carbonyl (C=O) groups excluding carboxylic acids is 1. The predicted molar refractivity (Wildman–Crippen MR) is 57.9 cm³/mol. The Morgan fingerprint density at radius 1 is 1.39 bits per heavy atom. The van der Waals surface area contributed by atoms with Gasteiger partial charge in [0.15, 0.2) is 0 Å². The molecule has 0 aliphatic heterocycles. The van der Waals surface area contributed by atoms with Crippen LogP contribution in [0.3, 0.4) is 0 Å². The van der Waals surface area contributed by atoms with Gasteiger partial charge in [-0.05, 0) is 24.0 Å². The third-order valence-electron chi connectivity index (χ3n) is 2.90. The van der Waals surface area contributed by atoms with Crippen molar-refractivity contribution >= 4 is 11.9 Å². The molecule has 0 bridgehead atoms. The maximum absolute atomic E-state index is 13.4. The van der Waals surface area contributed by atoms with Crippen LogP contribution in [0.2, 0.25) is 0 Å². The summed E-state index contributed by atoms with van der Waals surface area (Å²) in [5.41, 5.74) is 0.298. The number of aliphatic carboxylic acids is 1. The summed E-state index contributed by atoms with van der Waals surface area (Å²) in [4.78, 5) is 21.8. The molecule has 0 saturated heterocycles. The van der Waals surface area contributed by atoms with E-state index in [1.807, 2.05) is 0 Å². The number of carboxylic acid groups (broad SMARTS) is 1. The third-order valence-corrected chi connectivity index (χ3v) is 2.90. The summed E-state index contributed by atoms with van der Waals surface area (Å²) < 4.78 is 26.1. The maximum atomic E-state index is 13.4. The molecule has 0 heterocycles. The highest BCUT2D eigenvalue weighted by molar-refractivity contribution is 5.85. The lowest BCUT2D eigenvalue weighted by Gasteiger charge is -2.03. The molecule has 1 aromatic carbocycles. The molecule has 0 spiro atoms. The molecule has 2 unspecified atom stereocenters. The molecule has 2 N–H and O–H groups in total. The molecule has 1 saturated carbocycles. The van der Waals surface area contributed by atoms with Gasteiger partial charge < -0.3 is 10.4 Å². The van der Waals surface area contributed by atoms with Crippen molar-refractivity contribution in [1.82, 2.24) is 5.32 Å². The minimum Gasteiger partial charge on any atom is -0.480 e. The summed E-state index contributed by atoms with van der Waals surface area (Å²) in [7, 11) is 0. The van der Waals surface area contributed by atoms with E-state index >= 15 is 0 Å². The van der Waals surface area contributed by atoms with Crippen LogP contribution in [0, 0.1) is 17.6 Å². The molecule has 18 heavy (non-hydrogen) atoms. The van der Waals surface area contributed by atoms with Gasteiger partial charge in [0.1, 0.15) is 18.2 Å². The van der Waals surface area contributed by atoms with Crippen LogP contribution >= 0.6 is 0 Å².